The molecule has 2 rings (SSSR count). The van der Waals surface area contributed by atoms with Gasteiger partial charge in [-0.2, -0.15) is 0 Å². The highest BCUT2D eigenvalue weighted by atomic mass is 32.2. The van der Waals surface area contributed by atoms with Gasteiger partial charge in [0.1, 0.15) is 23.7 Å². The van der Waals surface area contributed by atoms with Crippen molar-refractivity contribution in [3.8, 4) is 0 Å². The van der Waals surface area contributed by atoms with E-state index in [0.29, 0.717) is 18.6 Å². The van der Waals surface area contributed by atoms with Crippen molar-refractivity contribution in [3.63, 3.8) is 0 Å². The van der Waals surface area contributed by atoms with E-state index in [-0.39, 0.29) is 0 Å². The third kappa shape index (κ3) is 3.01. The minimum Gasteiger partial charge on any atom is -0.388 e. The van der Waals surface area contributed by atoms with Crippen LogP contribution in [0.25, 0.3) is 0 Å². The van der Waals surface area contributed by atoms with Crippen molar-refractivity contribution in [2.75, 3.05) is 6.54 Å². The van der Waals surface area contributed by atoms with Crippen molar-refractivity contribution < 1.29 is 23.7 Å². The highest BCUT2D eigenvalue weighted by Crippen LogP contribution is 2.39. The number of aliphatic hydroxyl groups excluding tert-OH is 2. The molecule has 1 saturated heterocycles. The lowest BCUT2D eigenvalue weighted by atomic mass is 9.95. The van der Waals surface area contributed by atoms with Crippen LogP contribution in [0.4, 0.5) is 8.78 Å². The van der Waals surface area contributed by atoms with Gasteiger partial charge in [0.15, 0.2) is 11.3 Å². The van der Waals surface area contributed by atoms with Crippen molar-refractivity contribution in [1.82, 2.24) is 5.32 Å². The van der Waals surface area contributed by atoms with Crippen molar-refractivity contribution in [1.29, 1.82) is 0 Å². The number of amidine groups is 1. The van der Waals surface area contributed by atoms with Gasteiger partial charge in [0, 0.05) is 13.5 Å². The van der Waals surface area contributed by atoms with Gasteiger partial charge in [0.2, 0.25) is 0 Å². The molecule has 2 aliphatic rings. The highest BCUT2D eigenvalue weighted by molar-refractivity contribution is 8.14. The molecule has 0 saturated carbocycles. The van der Waals surface area contributed by atoms with E-state index in [4.69, 9.17) is 4.74 Å². The number of hydrogen-bond donors (Lipinski definition) is 3. The second kappa shape index (κ2) is 5.51. The maximum Gasteiger partial charge on any atom is 0.273 e. The zero-order valence-electron chi connectivity index (χ0n) is 10.7. The summed E-state index contributed by atoms with van der Waals surface area (Å²) in [7, 11) is 0. The SMILES string of the molecule is CCCNC1=N[C@@H]2[C@@H](O)[C@H](O)[C@@H](C(C)(F)F)O[C@@H]2S1. The van der Waals surface area contributed by atoms with Gasteiger partial charge in [-0.1, -0.05) is 18.7 Å². The Bertz CT molecular complexity index is 364. The van der Waals surface area contributed by atoms with Gasteiger partial charge >= 0.3 is 0 Å². The standard InChI is InChI=1S/C11H18F2N2O3S/c1-3-4-14-10-15-5-6(16)7(17)8(11(2,12)13)18-9(5)19-10/h5-9,16-17H,3-4H2,1-2H3,(H,14,15)/t5-,6-,7+,8+,9-/m1/s1. The number of nitrogens with zero attached hydrogens (tertiary/aromatic N) is 1. The molecule has 0 aromatic rings. The number of aliphatic imine (C=N–C) groups is 1. The summed E-state index contributed by atoms with van der Waals surface area (Å²) in [5, 5.41) is 23.2. The number of alkyl halides is 2. The molecule has 19 heavy (non-hydrogen) atoms. The van der Waals surface area contributed by atoms with E-state index in [0.717, 1.165) is 6.42 Å². The summed E-state index contributed by atoms with van der Waals surface area (Å²) in [5.74, 6) is -3.22. The van der Waals surface area contributed by atoms with Gasteiger partial charge in [0.05, 0.1) is 0 Å². The topological polar surface area (TPSA) is 74.1 Å². The second-order valence-electron chi connectivity index (χ2n) is 4.83. The first-order valence-corrected chi connectivity index (χ1v) is 7.10. The minimum absolute atomic E-state index is 0.558. The Balaban J connectivity index is 2.08. The predicted octanol–water partition coefficient (Wildman–Crippen LogP) is 0.559. The lowest BCUT2D eigenvalue weighted by molar-refractivity contribution is -0.226. The number of aliphatic hydroxyl groups is 2. The van der Waals surface area contributed by atoms with Gasteiger partial charge in [-0.15, -0.1) is 0 Å². The van der Waals surface area contributed by atoms with Crippen LogP contribution in [0.5, 0.6) is 0 Å². The molecule has 110 valence electrons. The van der Waals surface area contributed by atoms with Crippen LogP contribution in [0, 0.1) is 0 Å². The van der Waals surface area contributed by atoms with Crippen molar-refractivity contribution in [2.45, 2.75) is 56.0 Å². The van der Waals surface area contributed by atoms with Crippen molar-refractivity contribution in [2.24, 2.45) is 4.99 Å². The van der Waals surface area contributed by atoms with Gasteiger partial charge in [-0.3, -0.25) is 4.99 Å². The first-order chi connectivity index (χ1) is 8.84. The normalized spacial score (nSPS) is 38.8. The zero-order valence-corrected chi connectivity index (χ0v) is 11.5. The summed E-state index contributed by atoms with van der Waals surface area (Å²) in [6.45, 7) is 3.37. The van der Waals surface area contributed by atoms with Crippen LogP contribution in [0.15, 0.2) is 4.99 Å². The number of ether oxygens (including phenoxy) is 1. The minimum atomic E-state index is -3.22. The molecule has 8 heteroatoms. The van der Waals surface area contributed by atoms with Crippen LogP contribution >= 0.6 is 11.8 Å². The van der Waals surface area contributed by atoms with E-state index >= 15 is 0 Å². The molecule has 3 N–H and O–H groups in total. The lowest BCUT2D eigenvalue weighted by Crippen LogP contribution is -2.59. The van der Waals surface area contributed by atoms with E-state index < -0.39 is 35.7 Å². The monoisotopic (exact) mass is 296 g/mol. The first kappa shape index (κ1) is 15.0. The summed E-state index contributed by atoms with van der Waals surface area (Å²) in [6, 6.07) is -0.710. The molecule has 0 spiro atoms. The summed E-state index contributed by atoms with van der Waals surface area (Å²) in [6.07, 6.45) is -3.80. The molecular weight excluding hydrogens is 278 g/mol. The number of rotatable bonds is 3. The maximum absolute atomic E-state index is 13.3. The average Bonchev–Trinajstić information content (AvgIpc) is 2.73. The Labute approximate surface area is 114 Å². The summed E-state index contributed by atoms with van der Waals surface area (Å²) in [4.78, 5) is 4.18. The molecule has 2 heterocycles. The second-order valence-corrected chi connectivity index (χ2v) is 5.92. The van der Waals surface area contributed by atoms with Crippen LogP contribution in [0.3, 0.4) is 0 Å². The Morgan fingerprint density at radius 1 is 1.42 bits per heavy atom. The Morgan fingerprint density at radius 3 is 2.68 bits per heavy atom. The van der Waals surface area contributed by atoms with E-state index in [2.05, 4.69) is 10.3 Å². The Kier molecular flexibility index (Phi) is 4.34. The van der Waals surface area contributed by atoms with E-state index in [9.17, 15) is 19.0 Å². The molecule has 0 amide bonds. The van der Waals surface area contributed by atoms with Crippen molar-refractivity contribution in [3.05, 3.63) is 0 Å². The molecule has 5 nitrogen and oxygen atoms in total. The smallest absolute Gasteiger partial charge is 0.273 e. The van der Waals surface area contributed by atoms with Gasteiger partial charge in [0.25, 0.3) is 5.92 Å². The Hall–Kier alpha value is -0.440. The number of hydrogen-bond acceptors (Lipinski definition) is 6. The molecule has 1 fully saturated rings. The maximum atomic E-state index is 13.3. The number of fused-ring (bicyclic) bond motifs is 1. The third-order valence-corrected chi connectivity index (χ3v) is 4.18. The summed E-state index contributed by atoms with van der Waals surface area (Å²) >= 11 is 1.17. The average molecular weight is 296 g/mol. The summed E-state index contributed by atoms with van der Waals surface area (Å²) in [5.41, 5.74) is -0.686. The van der Waals surface area contributed by atoms with Crippen LogP contribution < -0.4 is 5.32 Å². The van der Waals surface area contributed by atoms with Crippen LogP contribution in [0.1, 0.15) is 20.3 Å². The molecule has 0 bridgehead atoms. The van der Waals surface area contributed by atoms with Crippen LogP contribution in [-0.4, -0.2) is 57.6 Å². The number of thioether (sulfide) groups is 1. The van der Waals surface area contributed by atoms with Crippen LogP contribution in [-0.2, 0) is 4.74 Å². The zero-order chi connectivity index (χ0) is 14.2. The molecule has 0 radical (unpaired) electrons. The molecule has 0 aromatic heterocycles. The van der Waals surface area contributed by atoms with E-state index in [1.165, 1.54) is 11.8 Å². The van der Waals surface area contributed by atoms with Gasteiger partial charge in [-0.05, 0) is 6.42 Å². The molecule has 0 unspecified atom stereocenters. The van der Waals surface area contributed by atoms with Gasteiger partial charge < -0.3 is 20.3 Å². The Morgan fingerprint density at radius 2 is 2.11 bits per heavy atom. The van der Waals surface area contributed by atoms with Crippen LogP contribution in [0.2, 0.25) is 0 Å². The molecule has 2 aliphatic heterocycles. The fourth-order valence-corrected chi connectivity index (χ4v) is 3.22. The quantitative estimate of drug-likeness (QED) is 0.709. The fourth-order valence-electron chi connectivity index (χ4n) is 2.10. The predicted molar refractivity (Wildman–Crippen MR) is 68.4 cm³/mol. The number of halogens is 2. The summed E-state index contributed by atoms with van der Waals surface area (Å²) < 4.78 is 31.9. The first-order valence-electron chi connectivity index (χ1n) is 6.22. The number of nitrogens with one attached hydrogen (secondary N) is 1. The largest absolute Gasteiger partial charge is 0.388 e. The van der Waals surface area contributed by atoms with Crippen molar-refractivity contribution >= 4 is 16.9 Å². The molecule has 0 aromatic carbocycles. The third-order valence-electron chi connectivity index (χ3n) is 3.09. The lowest BCUT2D eigenvalue weighted by Gasteiger charge is -2.40. The van der Waals surface area contributed by atoms with E-state index in [1.807, 2.05) is 6.92 Å². The van der Waals surface area contributed by atoms with Gasteiger partial charge in [-0.25, -0.2) is 8.78 Å². The van der Waals surface area contributed by atoms with E-state index in [1.54, 1.807) is 0 Å². The highest BCUT2D eigenvalue weighted by Gasteiger charge is 2.54. The molecule has 5 atom stereocenters. The molecule has 0 aliphatic carbocycles. The fraction of sp³-hybridized carbons (Fsp3) is 0.909. The molecular formula is C11H18F2N2O3S.